The van der Waals surface area contributed by atoms with Gasteiger partial charge in [0.25, 0.3) is 0 Å². The van der Waals surface area contributed by atoms with Crippen molar-refractivity contribution in [1.82, 2.24) is 15.6 Å². The van der Waals surface area contributed by atoms with Gasteiger partial charge in [0.05, 0.1) is 19.7 Å². The quantitative estimate of drug-likeness (QED) is 0.591. The van der Waals surface area contributed by atoms with E-state index in [9.17, 15) is 0 Å². The minimum atomic E-state index is 0.127. The molecule has 0 amide bonds. The first-order valence-electron chi connectivity index (χ1n) is 9.13. The number of ether oxygens (including phenoxy) is 2. The van der Waals surface area contributed by atoms with Gasteiger partial charge in [0.1, 0.15) is 11.9 Å². The molecule has 0 fully saturated rings. The summed E-state index contributed by atoms with van der Waals surface area (Å²) in [6.07, 6.45) is 2.80. The molecule has 1 aromatic heterocycles. The van der Waals surface area contributed by atoms with Crippen LogP contribution in [0.4, 0.5) is 0 Å². The molecule has 0 aliphatic carbocycles. The first kappa shape index (κ1) is 18.0. The number of aromatic nitrogens is 1. The van der Waals surface area contributed by atoms with E-state index in [2.05, 4.69) is 39.7 Å². The maximum absolute atomic E-state index is 5.97. The molecular weight excluding hydrogens is 328 g/mol. The Morgan fingerprint density at radius 3 is 2.96 bits per heavy atom. The van der Waals surface area contributed by atoms with Crippen molar-refractivity contribution in [3.8, 4) is 11.6 Å². The lowest BCUT2D eigenvalue weighted by atomic mass is 10.1. The van der Waals surface area contributed by atoms with Crippen LogP contribution in [0.25, 0.3) is 0 Å². The van der Waals surface area contributed by atoms with Gasteiger partial charge in [0.2, 0.25) is 5.88 Å². The highest BCUT2D eigenvalue weighted by Gasteiger charge is 2.22. The van der Waals surface area contributed by atoms with Crippen molar-refractivity contribution in [2.45, 2.75) is 32.9 Å². The van der Waals surface area contributed by atoms with Gasteiger partial charge < -0.3 is 20.1 Å². The third kappa shape index (κ3) is 4.88. The second-order valence-corrected chi connectivity index (χ2v) is 6.06. The van der Waals surface area contributed by atoms with Crippen LogP contribution in [0.1, 0.15) is 25.0 Å². The average Bonchev–Trinajstić information content (AvgIpc) is 3.07. The Kier molecular flexibility index (Phi) is 6.30. The Labute approximate surface area is 154 Å². The molecule has 2 heterocycles. The molecule has 26 heavy (non-hydrogen) atoms. The Morgan fingerprint density at radius 1 is 1.27 bits per heavy atom. The van der Waals surface area contributed by atoms with Gasteiger partial charge in [-0.25, -0.2) is 9.98 Å². The third-order valence-corrected chi connectivity index (χ3v) is 4.07. The van der Waals surface area contributed by atoms with Gasteiger partial charge in [0, 0.05) is 25.2 Å². The summed E-state index contributed by atoms with van der Waals surface area (Å²) in [5.41, 5.74) is 2.33. The molecule has 0 saturated carbocycles. The van der Waals surface area contributed by atoms with E-state index in [-0.39, 0.29) is 6.10 Å². The summed E-state index contributed by atoms with van der Waals surface area (Å²) in [4.78, 5) is 8.83. The van der Waals surface area contributed by atoms with Crippen molar-refractivity contribution in [3.63, 3.8) is 0 Å². The molecule has 6 nitrogen and oxygen atoms in total. The largest absolute Gasteiger partial charge is 0.488 e. The lowest BCUT2D eigenvalue weighted by Gasteiger charge is -2.15. The van der Waals surface area contributed by atoms with Crippen molar-refractivity contribution >= 4 is 5.96 Å². The van der Waals surface area contributed by atoms with Crippen LogP contribution in [0.5, 0.6) is 11.6 Å². The summed E-state index contributed by atoms with van der Waals surface area (Å²) in [6, 6.07) is 12.1. The summed E-state index contributed by atoms with van der Waals surface area (Å²) in [7, 11) is 0. The SMILES string of the molecule is CCNC(=NCc1ccnc(OCC)c1)NCC1Cc2ccccc2O1. The highest BCUT2D eigenvalue weighted by atomic mass is 16.5. The average molecular weight is 354 g/mol. The molecule has 1 aliphatic heterocycles. The van der Waals surface area contributed by atoms with Gasteiger partial charge in [-0.15, -0.1) is 0 Å². The molecule has 1 aliphatic rings. The Morgan fingerprint density at radius 2 is 2.15 bits per heavy atom. The summed E-state index contributed by atoms with van der Waals surface area (Å²) in [5.74, 6) is 2.40. The number of nitrogens with one attached hydrogen (secondary N) is 2. The lowest BCUT2D eigenvalue weighted by Crippen LogP contribution is -2.42. The van der Waals surface area contributed by atoms with Crippen molar-refractivity contribution in [1.29, 1.82) is 0 Å². The van der Waals surface area contributed by atoms with E-state index in [0.717, 1.165) is 30.2 Å². The molecular formula is C20H26N4O2. The van der Waals surface area contributed by atoms with Crippen LogP contribution in [0, 0.1) is 0 Å². The number of pyridine rings is 1. The van der Waals surface area contributed by atoms with Crippen LogP contribution in [0.15, 0.2) is 47.6 Å². The molecule has 0 spiro atoms. The molecule has 3 rings (SSSR count). The number of benzene rings is 1. The Hall–Kier alpha value is -2.76. The molecule has 0 saturated heterocycles. The topological polar surface area (TPSA) is 67.8 Å². The van der Waals surface area contributed by atoms with E-state index in [1.54, 1.807) is 6.20 Å². The number of hydrogen-bond acceptors (Lipinski definition) is 4. The number of nitrogens with zero attached hydrogens (tertiary/aromatic N) is 2. The van der Waals surface area contributed by atoms with Gasteiger partial charge in [-0.2, -0.15) is 0 Å². The van der Waals surface area contributed by atoms with Gasteiger partial charge in [-0.1, -0.05) is 18.2 Å². The normalized spacial score (nSPS) is 15.9. The zero-order chi connectivity index (χ0) is 18.2. The smallest absolute Gasteiger partial charge is 0.213 e. The number of para-hydroxylation sites is 1. The number of guanidine groups is 1. The van der Waals surface area contributed by atoms with E-state index < -0.39 is 0 Å². The summed E-state index contributed by atoms with van der Waals surface area (Å²) in [6.45, 7) is 6.68. The maximum atomic E-state index is 5.97. The van der Waals surface area contributed by atoms with Crippen LogP contribution < -0.4 is 20.1 Å². The van der Waals surface area contributed by atoms with Crippen molar-refractivity contribution in [2.24, 2.45) is 4.99 Å². The maximum Gasteiger partial charge on any atom is 0.213 e. The fourth-order valence-electron chi connectivity index (χ4n) is 2.87. The Bertz CT molecular complexity index is 723. The molecule has 1 unspecified atom stereocenters. The van der Waals surface area contributed by atoms with Gasteiger partial charge in [-0.3, -0.25) is 0 Å². The zero-order valence-electron chi connectivity index (χ0n) is 15.4. The first-order chi connectivity index (χ1) is 12.8. The third-order valence-electron chi connectivity index (χ3n) is 4.07. The second kappa shape index (κ2) is 9.08. The number of hydrogen-bond donors (Lipinski definition) is 2. The van der Waals surface area contributed by atoms with Crippen molar-refractivity contribution in [2.75, 3.05) is 19.7 Å². The molecule has 2 aromatic rings. The van der Waals surface area contributed by atoms with Crippen LogP contribution in [-0.2, 0) is 13.0 Å². The van der Waals surface area contributed by atoms with E-state index in [1.807, 2.05) is 31.2 Å². The fraction of sp³-hybridized carbons (Fsp3) is 0.400. The predicted molar refractivity (Wildman–Crippen MR) is 103 cm³/mol. The molecule has 0 radical (unpaired) electrons. The molecule has 1 atom stereocenters. The summed E-state index contributed by atoms with van der Waals surface area (Å²) >= 11 is 0. The van der Waals surface area contributed by atoms with Crippen molar-refractivity contribution < 1.29 is 9.47 Å². The highest BCUT2D eigenvalue weighted by molar-refractivity contribution is 5.79. The minimum Gasteiger partial charge on any atom is -0.488 e. The molecule has 6 heteroatoms. The molecule has 1 aromatic carbocycles. The van der Waals surface area contributed by atoms with E-state index in [0.29, 0.717) is 25.6 Å². The molecule has 138 valence electrons. The van der Waals surface area contributed by atoms with E-state index in [1.165, 1.54) is 5.56 Å². The van der Waals surface area contributed by atoms with Crippen LogP contribution in [-0.4, -0.2) is 36.7 Å². The van der Waals surface area contributed by atoms with Crippen LogP contribution in [0.2, 0.25) is 0 Å². The fourth-order valence-corrected chi connectivity index (χ4v) is 2.87. The number of rotatable bonds is 7. The monoisotopic (exact) mass is 354 g/mol. The van der Waals surface area contributed by atoms with Crippen LogP contribution in [0.3, 0.4) is 0 Å². The summed E-state index contributed by atoms with van der Waals surface area (Å²) < 4.78 is 11.4. The zero-order valence-corrected chi connectivity index (χ0v) is 15.4. The second-order valence-electron chi connectivity index (χ2n) is 6.06. The minimum absolute atomic E-state index is 0.127. The van der Waals surface area contributed by atoms with Gasteiger partial charge in [-0.05, 0) is 37.1 Å². The molecule has 2 N–H and O–H groups in total. The lowest BCUT2D eigenvalue weighted by molar-refractivity contribution is 0.235. The van der Waals surface area contributed by atoms with Gasteiger partial charge >= 0.3 is 0 Å². The standard InChI is InChI=1S/C20H26N4O2/c1-3-21-20(23-13-15-9-10-22-19(11-15)25-4-2)24-14-17-12-16-7-5-6-8-18(16)26-17/h5-11,17H,3-4,12-14H2,1-2H3,(H2,21,23,24). The van der Waals surface area contributed by atoms with E-state index in [4.69, 9.17) is 9.47 Å². The van der Waals surface area contributed by atoms with E-state index >= 15 is 0 Å². The molecule has 0 bridgehead atoms. The predicted octanol–water partition coefficient (Wildman–Crippen LogP) is 2.54. The van der Waals surface area contributed by atoms with Gasteiger partial charge in [0.15, 0.2) is 5.96 Å². The number of fused-ring (bicyclic) bond motifs is 1. The number of aliphatic imine (C=N–C) groups is 1. The van der Waals surface area contributed by atoms with Crippen molar-refractivity contribution in [3.05, 3.63) is 53.7 Å². The first-order valence-corrected chi connectivity index (χ1v) is 9.13. The Balaban J connectivity index is 1.55. The van der Waals surface area contributed by atoms with Crippen LogP contribution >= 0.6 is 0 Å². The summed E-state index contributed by atoms with van der Waals surface area (Å²) in [5, 5.41) is 6.65. The highest BCUT2D eigenvalue weighted by Crippen LogP contribution is 2.27.